The Balaban J connectivity index is 1.90. The van der Waals surface area contributed by atoms with Gasteiger partial charge in [0.2, 0.25) is 10.0 Å². The van der Waals surface area contributed by atoms with Gasteiger partial charge in [0.15, 0.2) is 0 Å². The zero-order chi connectivity index (χ0) is 14.6. The first-order valence-corrected chi connectivity index (χ1v) is 8.49. The molecule has 5 nitrogen and oxygen atoms in total. The number of aryl methyl sites for hydroxylation is 1. The van der Waals surface area contributed by atoms with Crippen LogP contribution in [0.5, 0.6) is 5.75 Å². The van der Waals surface area contributed by atoms with Crippen molar-refractivity contribution < 1.29 is 13.2 Å². The van der Waals surface area contributed by atoms with Crippen LogP contribution in [0.15, 0.2) is 18.2 Å². The first-order valence-electron chi connectivity index (χ1n) is 6.84. The van der Waals surface area contributed by atoms with Gasteiger partial charge >= 0.3 is 0 Å². The summed E-state index contributed by atoms with van der Waals surface area (Å²) in [7, 11) is -0.0115. The number of hydrogen-bond acceptors (Lipinski definition) is 4. The molecule has 2 N–H and O–H groups in total. The molecule has 112 valence electrons. The predicted octanol–water partition coefficient (Wildman–Crippen LogP) is 0.691. The van der Waals surface area contributed by atoms with Crippen LogP contribution in [0.4, 0.5) is 0 Å². The molecule has 1 aromatic rings. The predicted molar refractivity (Wildman–Crippen MR) is 79.7 cm³/mol. The number of rotatable bonds is 6. The first kappa shape index (κ1) is 15.3. The van der Waals surface area contributed by atoms with Crippen molar-refractivity contribution in [3.05, 3.63) is 29.3 Å². The van der Waals surface area contributed by atoms with Crippen molar-refractivity contribution in [3.8, 4) is 5.75 Å². The average molecular weight is 298 g/mol. The van der Waals surface area contributed by atoms with Crippen LogP contribution in [-0.4, -0.2) is 40.9 Å². The summed E-state index contributed by atoms with van der Waals surface area (Å²) in [5.41, 5.74) is 2.66. The normalized spacial score (nSPS) is 18.6. The molecule has 0 bridgehead atoms. The van der Waals surface area contributed by atoms with E-state index in [9.17, 15) is 8.42 Å². The van der Waals surface area contributed by atoms with E-state index in [1.807, 2.05) is 6.07 Å². The van der Waals surface area contributed by atoms with E-state index in [2.05, 4.69) is 22.2 Å². The lowest BCUT2D eigenvalue weighted by molar-refractivity contribution is 0.411. The Labute approximate surface area is 120 Å². The topological polar surface area (TPSA) is 67.4 Å². The number of nitrogens with one attached hydrogen (secondary N) is 2. The van der Waals surface area contributed by atoms with E-state index in [1.54, 1.807) is 7.11 Å². The average Bonchev–Trinajstić information content (AvgIpc) is 2.46. The molecule has 0 radical (unpaired) electrons. The number of hydrogen-bond donors (Lipinski definition) is 2. The second kappa shape index (κ2) is 6.56. The Kier molecular flexibility index (Phi) is 5.01. The number of methoxy groups -OCH3 is 1. The van der Waals surface area contributed by atoms with E-state index in [0.717, 1.165) is 25.0 Å². The fourth-order valence-corrected chi connectivity index (χ4v) is 3.12. The molecule has 0 fully saturated rings. The van der Waals surface area contributed by atoms with Crippen molar-refractivity contribution in [1.29, 1.82) is 0 Å². The third kappa shape index (κ3) is 3.94. The highest BCUT2D eigenvalue weighted by molar-refractivity contribution is 7.89. The molecule has 0 aliphatic heterocycles. The number of benzene rings is 1. The number of ether oxygens (including phenoxy) is 1. The monoisotopic (exact) mass is 298 g/mol. The Morgan fingerprint density at radius 3 is 2.85 bits per heavy atom. The first-order chi connectivity index (χ1) is 9.54. The molecule has 0 heterocycles. The van der Waals surface area contributed by atoms with Gasteiger partial charge in [-0.05, 0) is 49.6 Å². The maximum atomic E-state index is 11.4. The number of sulfonamides is 1. The van der Waals surface area contributed by atoms with Crippen molar-refractivity contribution >= 4 is 10.0 Å². The number of fused-ring (bicyclic) bond motifs is 1. The molecule has 1 aliphatic carbocycles. The lowest BCUT2D eigenvalue weighted by Gasteiger charge is -2.26. The summed E-state index contributed by atoms with van der Waals surface area (Å²) in [5, 5.41) is 3.33. The van der Waals surface area contributed by atoms with E-state index >= 15 is 0 Å². The highest BCUT2D eigenvalue weighted by Gasteiger charge is 2.19. The van der Waals surface area contributed by atoms with Gasteiger partial charge in [-0.25, -0.2) is 13.1 Å². The molecule has 0 amide bonds. The summed E-state index contributed by atoms with van der Waals surface area (Å²) in [5.74, 6) is 0.993. The minimum Gasteiger partial charge on any atom is -0.497 e. The Morgan fingerprint density at radius 2 is 2.15 bits per heavy atom. The van der Waals surface area contributed by atoms with Crippen molar-refractivity contribution in [3.63, 3.8) is 0 Å². The van der Waals surface area contributed by atoms with E-state index < -0.39 is 10.0 Å². The van der Waals surface area contributed by atoms with Gasteiger partial charge in [0.05, 0.1) is 12.9 Å². The second-order valence-electron chi connectivity index (χ2n) is 5.05. The van der Waals surface area contributed by atoms with Crippen LogP contribution in [0.25, 0.3) is 0 Å². The maximum Gasteiger partial charge on any atom is 0.212 e. The van der Waals surface area contributed by atoms with Crippen molar-refractivity contribution in [2.75, 3.05) is 26.5 Å². The van der Waals surface area contributed by atoms with Crippen LogP contribution >= 0.6 is 0 Å². The molecule has 0 saturated carbocycles. The van der Waals surface area contributed by atoms with Gasteiger partial charge in [-0.1, -0.05) is 6.07 Å². The van der Waals surface area contributed by atoms with Crippen LogP contribution in [-0.2, 0) is 22.9 Å². The SMILES string of the molecule is CNS(=O)(=O)CCNC1CCc2ccc(OC)cc2C1. The van der Waals surface area contributed by atoms with E-state index in [1.165, 1.54) is 18.2 Å². The van der Waals surface area contributed by atoms with Gasteiger partial charge in [0.25, 0.3) is 0 Å². The Bertz CT molecular complexity index is 558. The minimum absolute atomic E-state index is 0.116. The van der Waals surface area contributed by atoms with E-state index in [0.29, 0.717) is 12.6 Å². The third-order valence-corrected chi connectivity index (χ3v) is 5.12. The van der Waals surface area contributed by atoms with Crippen LogP contribution in [0.1, 0.15) is 17.5 Å². The van der Waals surface area contributed by atoms with E-state index in [-0.39, 0.29) is 5.75 Å². The van der Waals surface area contributed by atoms with Gasteiger partial charge in [0, 0.05) is 12.6 Å². The van der Waals surface area contributed by atoms with Gasteiger partial charge in [-0.2, -0.15) is 0 Å². The maximum absolute atomic E-state index is 11.4. The fraction of sp³-hybridized carbons (Fsp3) is 0.571. The largest absolute Gasteiger partial charge is 0.497 e. The highest BCUT2D eigenvalue weighted by atomic mass is 32.2. The molecule has 0 saturated heterocycles. The van der Waals surface area contributed by atoms with Gasteiger partial charge < -0.3 is 10.1 Å². The molecule has 6 heteroatoms. The van der Waals surface area contributed by atoms with Crippen LogP contribution in [0, 0.1) is 0 Å². The fourth-order valence-electron chi connectivity index (χ4n) is 2.53. The molecular formula is C14H22N2O3S. The van der Waals surface area contributed by atoms with Crippen LogP contribution in [0.3, 0.4) is 0 Å². The summed E-state index contributed by atoms with van der Waals surface area (Å²) in [6.45, 7) is 0.479. The summed E-state index contributed by atoms with van der Waals surface area (Å²) in [6, 6.07) is 6.52. The molecule has 1 aliphatic rings. The lowest BCUT2D eigenvalue weighted by Crippen LogP contribution is -2.38. The van der Waals surface area contributed by atoms with Gasteiger partial charge in [-0.15, -0.1) is 0 Å². The quantitative estimate of drug-likeness (QED) is 0.811. The molecule has 0 aromatic heterocycles. The minimum atomic E-state index is -3.12. The summed E-state index contributed by atoms with van der Waals surface area (Å²) in [4.78, 5) is 0. The zero-order valence-corrected chi connectivity index (χ0v) is 12.8. The smallest absolute Gasteiger partial charge is 0.212 e. The standard InChI is InChI=1S/C14H22N2O3S/c1-15-20(17,18)8-7-16-13-5-3-11-4-6-14(19-2)10-12(11)9-13/h4,6,10,13,15-16H,3,5,7-9H2,1-2H3. The molecule has 1 unspecified atom stereocenters. The van der Waals surface area contributed by atoms with Crippen molar-refractivity contribution in [1.82, 2.24) is 10.0 Å². The molecular weight excluding hydrogens is 276 g/mol. The molecule has 1 aromatic carbocycles. The molecule has 0 spiro atoms. The van der Waals surface area contributed by atoms with Crippen LogP contribution < -0.4 is 14.8 Å². The zero-order valence-electron chi connectivity index (χ0n) is 12.0. The van der Waals surface area contributed by atoms with Crippen molar-refractivity contribution in [2.45, 2.75) is 25.3 Å². The molecule has 2 rings (SSSR count). The highest BCUT2D eigenvalue weighted by Crippen LogP contribution is 2.25. The summed E-state index contributed by atoms with van der Waals surface area (Å²) < 4.78 is 30.3. The second-order valence-corrected chi connectivity index (χ2v) is 7.10. The molecule has 20 heavy (non-hydrogen) atoms. The van der Waals surface area contributed by atoms with Gasteiger partial charge in [0.1, 0.15) is 5.75 Å². The van der Waals surface area contributed by atoms with Crippen LogP contribution in [0.2, 0.25) is 0 Å². The van der Waals surface area contributed by atoms with Gasteiger partial charge in [-0.3, -0.25) is 0 Å². The van der Waals surface area contributed by atoms with Crippen molar-refractivity contribution in [2.24, 2.45) is 0 Å². The summed E-state index contributed by atoms with van der Waals surface area (Å²) >= 11 is 0. The lowest BCUT2D eigenvalue weighted by atomic mass is 9.88. The Hall–Kier alpha value is -1.11. The Morgan fingerprint density at radius 1 is 1.35 bits per heavy atom. The summed E-state index contributed by atoms with van der Waals surface area (Å²) in [6.07, 6.45) is 2.99. The molecule has 1 atom stereocenters. The third-order valence-electron chi connectivity index (χ3n) is 3.76. The van der Waals surface area contributed by atoms with E-state index in [4.69, 9.17) is 4.74 Å².